The SMILES string of the molecule is CCOC/C=C/C[N]C. The first kappa shape index (κ1) is 8.66. The van der Waals surface area contributed by atoms with Gasteiger partial charge in [-0.15, -0.1) is 0 Å². The molecule has 0 N–H and O–H groups in total. The standard InChI is InChI=1S/C7H14NO/c1-3-9-7-5-4-6-8-2/h4-5H,3,6-7H2,1-2H3/b5-4+. The molecule has 0 aliphatic heterocycles. The summed E-state index contributed by atoms with van der Waals surface area (Å²) in [7, 11) is 1.80. The molecule has 0 amide bonds. The molecule has 0 spiro atoms. The molecule has 0 fully saturated rings. The molecule has 0 heterocycles. The Kier molecular flexibility index (Phi) is 7.37. The van der Waals surface area contributed by atoms with Crippen LogP contribution in [0.3, 0.4) is 0 Å². The van der Waals surface area contributed by atoms with E-state index in [9.17, 15) is 0 Å². The Morgan fingerprint density at radius 2 is 2.22 bits per heavy atom. The number of nitrogens with zero attached hydrogens (tertiary/aromatic N) is 1. The minimum absolute atomic E-state index is 0.714. The zero-order valence-electron chi connectivity index (χ0n) is 6.13. The van der Waals surface area contributed by atoms with Crippen molar-refractivity contribution in [2.45, 2.75) is 6.92 Å². The van der Waals surface area contributed by atoms with Crippen LogP contribution < -0.4 is 5.32 Å². The minimum atomic E-state index is 0.714. The van der Waals surface area contributed by atoms with E-state index in [1.807, 2.05) is 19.1 Å². The monoisotopic (exact) mass is 128 g/mol. The van der Waals surface area contributed by atoms with Gasteiger partial charge in [0.2, 0.25) is 0 Å². The van der Waals surface area contributed by atoms with Gasteiger partial charge in [-0.3, -0.25) is 0 Å². The number of ether oxygens (including phenoxy) is 1. The highest BCUT2D eigenvalue weighted by Gasteiger charge is 1.74. The van der Waals surface area contributed by atoms with Crippen molar-refractivity contribution in [1.29, 1.82) is 0 Å². The molecule has 2 nitrogen and oxygen atoms in total. The van der Waals surface area contributed by atoms with Gasteiger partial charge in [-0.1, -0.05) is 12.2 Å². The fourth-order valence-corrected chi connectivity index (χ4v) is 0.434. The molecule has 0 aromatic carbocycles. The summed E-state index contributed by atoms with van der Waals surface area (Å²) in [6.45, 7) is 4.28. The molecule has 0 saturated heterocycles. The van der Waals surface area contributed by atoms with Crippen molar-refractivity contribution in [3.63, 3.8) is 0 Å². The highest BCUT2D eigenvalue weighted by atomic mass is 16.5. The van der Waals surface area contributed by atoms with Crippen LogP contribution in [0.5, 0.6) is 0 Å². The number of likely N-dealkylation sites (N-methyl/N-ethyl adjacent to an activating group) is 1. The molecule has 0 rings (SSSR count). The van der Waals surface area contributed by atoms with Gasteiger partial charge in [-0.05, 0) is 6.92 Å². The van der Waals surface area contributed by atoms with Crippen molar-refractivity contribution in [1.82, 2.24) is 5.32 Å². The summed E-state index contributed by atoms with van der Waals surface area (Å²) < 4.78 is 5.05. The first-order valence-corrected chi connectivity index (χ1v) is 3.20. The summed E-state index contributed by atoms with van der Waals surface area (Å²) >= 11 is 0. The van der Waals surface area contributed by atoms with Crippen LogP contribution in [0.2, 0.25) is 0 Å². The summed E-state index contributed by atoms with van der Waals surface area (Å²) in [5, 5.41) is 3.89. The number of rotatable bonds is 5. The number of hydrogen-bond acceptors (Lipinski definition) is 1. The first-order valence-electron chi connectivity index (χ1n) is 3.20. The van der Waals surface area contributed by atoms with E-state index in [1.54, 1.807) is 7.05 Å². The Labute approximate surface area is 56.9 Å². The Balaban J connectivity index is 2.86. The summed E-state index contributed by atoms with van der Waals surface area (Å²) in [5.74, 6) is 0. The van der Waals surface area contributed by atoms with E-state index in [1.165, 1.54) is 0 Å². The molecule has 0 atom stereocenters. The quantitative estimate of drug-likeness (QED) is 0.397. The van der Waals surface area contributed by atoms with E-state index in [0.29, 0.717) is 6.61 Å². The molecular formula is C7H14NO. The van der Waals surface area contributed by atoms with Crippen LogP contribution in [-0.4, -0.2) is 26.8 Å². The van der Waals surface area contributed by atoms with E-state index in [2.05, 4.69) is 5.32 Å². The second-order valence-corrected chi connectivity index (χ2v) is 1.63. The van der Waals surface area contributed by atoms with E-state index in [4.69, 9.17) is 4.74 Å². The van der Waals surface area contributed by atoms with Gasteiger partial charge in [-0.25, -0.2) is 5.32 Å². The van der Waals surface area contributed by atoms with E-state index in [0.717, 1.165) is 13.2 Å². The fraction of sp³-hybridized carbons (Fsp3) is 0.714. The molecule has 0 aliphatic rings. The fourth-order valence-electron chi connectivity index (χ4n) is 0.434. The third-order valence-corrected chi connectivity index (χ3v) is 0.873. The second-order valence-electron chi connectivity index (χ2n) is 1.63. The molecule has 1 radical (unpaired) electrons. The normalized spacial score (nSPS) is 10.9. The number of hydrogen-bond donors (Lipinski definition) is 0. The first-order chi connectivity index (χ1) is 4.41. The molecule has 53 valence electrons. The van der Waals surface area contributed by atoms with Gasteiger partial charge in [0.1, 0.15) is 0 Å². The molecule has 0 aromatic heterocycles. The van der Waals surface area contributed by atoms with Crippen LogP contribution in [0, 0.1) is 0 Å². The van der Waals surface area contributed by atoms with Crippen LogP contribution >= 0.6 is 0 Å². The molecular weight excluding hydrogens is 114 g/mol. The lowest BCUT2D eigenvalue weighted by Crippen LogP contribution is -1.95. The average molecular weight is 128 g/mol. The van der Waals surface area contributed by atoms with Crippen molar-refractivity contribution in [2.24, 2.45) is 0 Å². The predicted octanol–water partition coefficient (Wildman–Crippen LogP) is 0.813. The molecule has 0 bridgehead atoms. The lowest BCUT2D eigenvalue weighted by atomic mass is 10.5. The van der Waals surface area contributed by atoms with Gasteiger partial charge in [0.25, 0.3) is 0 Å². The Morgan fingerprint density at radius 1 is 1.44 bits per heavy atom. The van der Waals surface area contributed by atoms with Gasteiger partial charge in [0.05, 0.1) is 6.61 Å². The van der Waals surface area contributed by atoms with Crippen molar-refractivity contribution < 1.29 is 4.74 Å². The lowest BCUT2D eigenvalue weighted by molar-refractivity contribution is 0.177. The second kappa shape index (κ2) is 7.66. The molecule has 0 unspecified atom stereocenters. The largest absolute Gasteiger partial charge is 0.378 e. The van der Waals surface area contributed by atoms with Crippen molar-refractivity contribution >= 4 is 0 Å². The Hall–Kier alpha value is -0.340. The molecule has 2 heteroatoms. The van der Waals surface area contributed by atoms with Crippen LogP contribution in [0.4, 0.5) is 0 Å². The highest BCUT2D eigenvalue weighted by molar-refractivity contribution is 4.82. The van der Waals surface area contributed by atoms with Crippen molar-refractivity contribution in [3.05, 3.63) is 12.2 Å². The van der Waals surface area contributed by atoms with Gasteiger partial charge < -0.3 is 4.74 Å². The molecule has 0 saturated carbocycles. The Bertz CT molecular complexity index is 71.3. The smallest absolute Gasteiger partial charge is 0.0647 e. The van der Waals surface area contributed by atoms with Crippen LogP contribution in [0.1, 0.15) is 6.92 Å². The summed E-state index contributed by atoms with van der Waals surface area (Å²) in [4.78, 5) is 0. The molecule has 0 aliphatic carbocycles. The van der Waals surface area contributed by atoms with Crippen LogP contribution in [0.15, 0.2) is 12.2 Å². The third kappa shape index (κ3) is 7.66. The predicted molar refractivity (Wildman–Crippen MR) is 38.6 cm³/mol. The van der Waals surface area contributed by atoms with Gasteiger partial charge in [0.15, 0.2) is 0 Å². The van der Waals surface area contributed by atoms with E-state index < -0.39 is 0 Å². The summed E-state index contributed by atoms with van der Waals surface area (Å²) in [5.41, 5.74) is 0. The van der Waals surface area contributed by atoms with Gasteiger partial charge in [0, 0.05) is 20.2 Å². The maximum atomic E-state index is 5.05. The third-order valence-electron chi connectivity index (χ3n) is 0.873. The topological polar surface area (TPSA) is 23.3 Å². The Morgan fingerprint density at radius 3 is 2.78 bits per heavy atom. The highest BCUT2D eigenvalue weighted by Crippen LogP contribution is 1.75. The van der Waals surface area contributed by atoms with Crippen LogP contribution in [-0.2, 0) is 4.74 Å². The molecule has 0 aromatic rings. The van der Waals surface area contributed by atoms with E-state index in [-0.39, 0.29) is 0 Å². The summed E-state index contributed by atoms with van der Waals surface area (Å²) in [6, 6.07) is 0. The van der Waals surface area contributed by atoms with Crippen molar-refractivity contribution in [2.75, 3.05) is 26.8 Å². The minimum Gasteiger partial charge on any atom is -0.378 e. The van der Waals surface area contributed by atoms with Crippen LogP contribution in [0.25, 0.3) is 0 Å². The summed E-state index contributed by atoms with van der Waals surface area (Å²) in [6.07, 6.45) is 3.98. The zero-order chi connectivity index (χ0) is 6.95. The maximum Gasteiger partial charge on any atom is 0.0647 e. The van der Waals surface area contributed by atoms with E-state index >= 15 is 0 Å². The average Bonchev–Trinajstić information content (AvgIpc) is 1.89. The lowest BCUT2D eigenvalue weighted by Gasteiger charge is -1.91. The maximum absolute atomic E-state index is 5.05. The molecule has 9 heavy (non-hydrogen) atoms. The van der Waals surface area contributed by atoms with Gasteiger partial charge >= 0.3 is 0 Å². The van der Waals surface area contributed by atoms with Gasteiger partial charge in [-0.2, -0.15) is 0 Å². The zero-order valence-corrected chi connectivity index (χ0v) is 6.13. The van der Waals surface area contributed by atoms with Crippen molar-refractivity contribution in [3.8, 4) is 0 Å².